The van der Waals surface area contributed by atoms with Crippen molar-refractivity contribution in [2.45, 2.75) is 17.7 Å². The molecule has 1 aliphatic heterocycles. The van der Waals surface area contributed by atoms with Crippen molar-refractivity contribution in [1.82, 2.24) is 8.61 Å². The lowest BCUT2D eigenvalue weighted by Crippen LogP contribution is -2.44. The van der Waals surface area contributed by atoms with Gasteiger partial charge in [0.15, 0.2) is 0 Å². The van der Waals surface area contributed by atoms with E-state index in [1.54, 1.807) is 14.1 Å². The lowest BCUT2D eigenvalue weighted by Gasteiger charge is -2.30. The van der Waals surface area contributed by atoms with Crippen LogP contribution in [0.1, 0.15) is 12.8 Å². The summed E-state index contributed by atoms with van der Waals surface area (Å²) >= 11 is 3.48. The van der Waals surface area contributed by atoms with Gasteiger partial charge in [-0.15, -0.1) is 0 Å². The molecule has 0 radical (unpaired) electrons. The Labute approximate surface area is 88.2 Å². The highest BCUT2D eigenvalue weighted by atomic mass is 79.9. The van der Waals surface area contributed by atoms with Crippen LogP contribution < -0.4 is 0 Å². The van der Waals surface area contributed by atoms with Crippen molar-refractivity contribution in [3.8, 4) is 0 Å². The number of hydrogen-bond acceptors (Lipinski definition) is 2. The van der Waals surface area contributed by atoms with Crippen LogP contribution >= 0.6 is 15.9 Å². The molecule has 13 heavy (non-hydrogen) atoms. The van der Waals surface area contributed by atoms with Crippen LogP contribution in [0.2, 0.25) is 0 Å². The molecule has 0 unspecified atom stereocenters. The summed E-state index contributed by atoms with van der Waals surface area (Å²) in [6.07, 6.45) is 1.79. The van der Waals surface area contributed by atoms with Crippen LogP contribution in [0.15, 0.2) is 0 Å². The zero-order valence-corrected chi connectivity index (χ0v) is 10.3. The van der Waals surface area contributed by atoms with Gasteiger partial charge in [-0.25, -0.2) is 0 Å². The van der Waals surface area contributed by atoms with E-state index in [1.807, 2.05) is 0 Å². The SMILES string of the molecule is CN(C)S(=O)(=O)N1CCC(Br)CC1. The van der Waals surface area contributed by atoms with Crippen molar-refractivity contribution < 1.29 is 8.42 Å². The molecule has 1 rings (SSSR count). The van der Waals surface area contributed by atoms with Gasteiger partial charge in [-0.2, -0.15) is 17.0 Å². The minimum Gasteiger partial charge on any atom is -0.195 e. The maximum atomic E-state index is 11.6. The molecule has 0 aromatic carbocycles. The van der Waals surface area contributed by atoms with Gasteiger partial charge in [0.25, 0.3) is 10.2 Å². The standard InChI is InChI=1S/C7H15BrN2O2S/c1-9(2)13(11,12)10-5-3-7(8)4-6-10/h7H,3-6H2,1-2H3. The van der Waals surface area contributed by atoms with Crippen LogP contribution in [0, 0.1) is 0 Å². The van der Waals surface area contributed by atoms with Gasteiger partial charge >= 0.3 is 0 Å². The van der Waals surface area contributed by atoms with Gasteiger partial charge in [0, 0.05) is 32.0 Å². The lowest BCUT2D eigenvalue weighted by atomic mass is 10.2. The Bertz CT molecular complexity index is 258. The summed E-state index contributed by atoms with van der Waals surface area (Å²) in [5.74, 6) is 0. The predicted octanol–water partition coefficient (Wildman–Crippen LogP) is 0.652. The summed E-state index contributed by atoms with van der Waals surface area (Å²) in [4.78, 5) is 0.473. The molecule has 4 nitrogen and oxygen atoms in total. The maximum Gasteiger partial charge on any atom is 0.281 e. The number of piperidine rings is 1. The van der Waals surface area contributed by atoms with Gasteiger partial charge in [-0.05, 0) is 12.8 Å². The van der Waals surface area contributed by atoms with Crippen molar-refractivity contribution in [3.05, 3.63) is 0 Å². The summed E-state index contributed by atoms with van der Waals surface area (Å²) < 4.78 is 26.1. The van der Waals surface area contributed by atoms with Crippen LogP contribution in [0.5, 0.6) is 0 Å². The molecule has 1 heterocycles. The van der Waals surface area contributed by atoms with Gasteiger partial charge in [0.1, 0.15) is 0 Å². The van der Waals surface area contributed by atoms with Crippen molar-refractivity contribution in [2.24, 2.45) is 0 Å². The average Bonchev–Trinajstić information content (AvgIpc) is 2.04. The van der Waals surface area contributed by atoms with Crippen LogP contribution in [-0.4, -0.2) is 49.0 Å². The Morgan fingerprint density at radius 3 is 2.15 bits per heavy atom. The summed E-state index contributed by atoms with van der Waals surface area (Å²) in [5, 5.41) is 0. The van der Waals surface area contributed by atoms with Gasteiger partial charge in [-0.3, -0.25) is 0 Å². The molecule has 1 aliphatic rings. The zero-order valence-electron chi connectivity index (χ0n) is 7.90. The maximum absolute atomic E-state index is 11.6. The number of nitrogens with zero attached hydrogens (tertiary/aromatic N) is 2. The van der Waals surface area contributed by atoms with E-state index in [0.29, 0.717) is 17.9 Å². The highest BCUT2D eigenvalue weighted by Gasteiger charge is 2.28. The van der Waals surface area contributed by atoms with Gasteiger partial charge in [0.05, 0.1) is 0 Å². The molecular formula is C7H15BrN2O2S. The molecular weight excluding hydrogens is 256 g/mol. The fourth-order valence-corrected chi connectivity index (χ4v) is 2.83. The third kappa shape index (κ3) is 2.65. The third-order valence-corrected chi connectivity index (χ3v) is 5.03. The quantitative estimate of drug-likeness (QED) is 0.692. The first-order valence-electron chi connectivity index (χ1n) is 4.26. The van der Waals surface area contributed by atoms with Gasteiger partial charge < -0.3 is 0 Å². The fourth-order valence-electron chi connectivity index (χ4n) is 1.29. The fraction of sp³-hybridized carbons (Fsp3) is 1.00. The minimum atomic E-state index is -3.18. The van der Waals surface area contributed by atoms with E-state index >= 15 is 0 Å². The van der Waals surface area contributed by atoms with E-state index in [9.17, 15) is 8.42 Å². The van der Waals surface area contributed by atoms with Crippen LogP contribution in [0.4, 0.5) is 0 Å². The van der Waals surface area contributed by atoms with E-state index in [1.165, 1.54) is 8.61 Å². The van der Waals surface area contributed by atoms with Crippen molar-refractivity contribution >= 4 is 26.1 Å². The summed E-state index contributed by atoms with van der Waals surface area (Å²) in [6.45, 7) is 1.24. The predicted molar refractivity (Wildman–Crippen MR) is 56.1 cm³/mol. The Hall–Kier alpha value is 0.350. The summed E-state index contributed by atoms with van der Waals surface area (Å²) in [6, 6.07) is 0. The molecule has 1 fully saturated rings. The summed E-state index contributed by atoms with van der Waals surface area (Å²) in [5.41, 5.74) is 0. The van der Waals surface area contributed by atoms with E-state index < -0.39 is 10.2 Å². The third-order valence-electron chi connectivity index (χ3n) is 2.17. The molecule has 0 bridgehead atoms. The van der Waals surface area contributed by atoms with E-state index in [-0.39, 0.29) is 0 Å². The minimum absolute atomic E-state index is 0.473. The van der Waals surface area contributed by atoms with Gasteiger partial charge in [-0.1, -0.05) is 15.9 Å². The number of alkyl halides is 1. The zero-order chi connectivity index (χ0) is 10.1. The first-order chi connectivity index (χ1) is 5.94. The van der Waals surface area contributed by atoms with Crippen LogP contribution in [-0.2, 0) is 10.2 Å². The number of rotatable bonds is 2. The van der Waals surface area contributed by atoms with Crippen molar-refractivity contribution in [2.75, 3.05) is 27.2 Å². The Balaban J connectivity index is 2.64. The Kier molecular flexibility index (Phi) is 3.73. The molecule has 0 aromatic heterocycles. The first-order valence-corrected chi connectivity index (χ1v) is 6.57. The van der Waals surface area contributed by atoms with E-state index in [0.717, 1.165) is 12.8 Å². The second-order valence-corrected chi connectivity index (χ2v) is 6.80. The van der Waals surface area contributed by atoms with E-state index in [4.69, 9.17) is 0 Å². The average molecular weight is 271 g/mol. The van der Waals surface area contributed by atoms with Crippen molar-refractivity contribution in [3.63, 3.8) is 0 Å². The molecule has 6 heteroatoms. The second-order valence-electron chi connectivity index (χ2n) is 3.36. The second kappa shape index (κ2) is 4.25. The molecule has 0 N–H and O–H groups in total. The number of hydrogen-bond donors (Lipinski definition) is 0. The summed E-state index contributed by atoms with van der Waals surface area (Å²) in [7, 11) is -0.0475. The van der Waals surface area contributed by atoms with Crippen molar-refractivity contribution in [1.29, 1.82) is 0 Å². The Morgan fingerprint density at radius 2 is 1.77 bits per heavy atom. The molecule has 0 spiro atoms. The highest BCUT2D eigenvalue weighted by Crippen LogP contribution is 2.20. The topological polar surface area (TPSA) is 40.6 Å². The van der Waals surface area contributed by atoms with Crippen LogP contribution in [0.25, 0.3) is 0 Å². The molecule has 1 saturated heterocycles. The smallest absolute Gasteiger partial charge is 0.195 e. The number of halogens is 1. The molecule has 0 aliphatic carbocycles. The molecule has 0 aromatic rings. The van der Waals surface area contributed by atoms with E-state index in [2.05, 4.69) is 15.9 Å². The first kappa shape index (κ1) is 11.4. The monoisotopic (exact) mass is 270 g/mol. The largest absolute Gasteiger partial charge is 0.281 e. The lowest BCUT2D eigenvalue weighted by molar-refractivity contribution is 0.331. The molecule has 0 atom stereocenters. The molecule has 0 saturated carbocycles. The molecule has 78 valence electrons. The van der Waals surface area contributed by atoms with Crippen LogP contribution in [0.3, 0.4) is 0 Å². The highest BCUT2D eigenvalue weighted by molar-refractivity contribution is 9.09. The molecule has 0 amide bonds. The Morgan fingerprint density at radius 1 is 1.31 bits per heavy atom. The van der Waals surface area contributed by atoms with Gasteiger partial charge in [0.2, 0.25) is 0 Å². The normalized spacial score (nSPS) is 22.5.